The maximum absolute atomic E-state index is 13.3. The molecule has 0 radical (unpaired) electrons. The topological polar surface area (TPSA) is 63.8 Å². The SMILES string of the molecule is Nc1ncc(F)c(NCC2CCCCC2)n1. The van der Waals surface area contributed by atoms with Gasteiger partial charge in [0, 0.05) is 6.54 Å². The molecule has 1 aliphatic carbocycles. The second-order valence-electron chi connectivity index (χ2n) is 4.31. The summed E-state index contributed by atoms with van der Waals surface area (Å²) < 4.78 is 13.3. The standard InChI is InChI=1S/C11H17FN4/c12-9-7-15-11(13)16-10(9)14-6-8-4-2-1-3-5-8/h7-8H,1-6H2,(H3,13,14,15,16). The molecule has 1 aromatic heterocycles. The molecule has 1 saturated carbocycles. The van der Waals surface area contributed by atoms with E-state index in [1.165, 1.54) is 32.1 Å². The lowest BCUT2D eigenvalue weighted by atomic mass is 9.89. The van der Waals surface area contributed by atoms with Crippen LogP contribution in [-0.2, 0) is 0 Å². The smallest absolute Gasteiger partial charge is 0.222 e. The van der Waals surface area contributed by atoms with E-state index in [9.17, 15) is 4.39 Å². The van der Waals surface area contributed by atoms with Crippen LogP contribution >= 0.6 is 0 Å². The molecule has 16 heavy (non-hydrogen) atoms. The molecule has 1 fully saturated rings. The number of anilines is 2. The van der Waals surface area contributed by atoms with Crippen LogP contribution in [0.2, 0.25) is 0 Å². The van der Waals surface area contributed by atoms with Crippen molar-refractivity contribution in [3.8, 4) is 0 Å². The van der Waals surface area contributed by atoms with Gasteiger partial charge in [0.05, 0.1) is 6.20 Å². The number of nitrogens with zero attached hydrogens (tertiary/aromatic N) is 2. The quantitative estimate of drug-likeness (QED) is 0.826. The minimum atomic E-state index is -0.440. The van der Waals surface area contributed by atoms with Crippen molar-refractivity contribution in [2.24, 2.45) is 5.92 Å². The van der Waals surface area contributed by atoms with Gasteiger partial charge in [-0.25, -0.2) is 9.37 Å². The number of nitrogens with two attached hydrogens (primary N) is 1. The Morgan fingerprint density at radius 3 is 2.88 bits per heavy atom. The Hall–Kier alpha value is -1.39. The van der Waals surface area contributed by atoms with Crippen LogP contribution in [0.1, 0.15) is 32.1 Å². The Bertz CT molecular complexity index is 350. The van der Waals surface area contributed by atoms with Gasteiger partial charge < -0.3 is 11.1 Å². The minimum Gasteiger partial charge on any atom is -0.368 e. The Kier molecular flexibility index (Phi) is 3.54. The molecule has 0 atom stereocenters. The highest BCUT2D eigenvalue weighted by atomic mass is 19.1. The fourth-order valence-electron chi connectivity index (χ4n) is 2.14. The first-order valence-corrected chi connectivity index (χ1v) is 5.77. The van der Waals surface area contributed by atoms with Crippen molar-refractivity contribution in [1.82, 2.24) is 9.97 Å². The average molecular weight is 224 g/mol. The molecule has 0 amide bonds. The van der Waals surface area contributed by atoms with Gasteiger partial charge in [0.2, 0.25) is 5.95 Å². The molecule has 0 spiro atoms. The van der Waals surface area contributed by atoms with Crippen LogP contribution in [0.15, 0.2) is 6.20 Å². The maximum atomic E-state index is 13.3. The number of nitrogen functional groups attached to an aromatic ring is 1. The molecule has 4 nitrogen and oxygen atoms in total. The fraction of sp³-hybridized carbons (Fsp3) is 0.636. The zero-order valence-corrected chi connectivity index (χ0v) is 9.25. The highest BCUT2D eigenvalue weighted by Gasteiger charge is 2.14. The zero-order valence-electron chi connectivity index (χ0n) is 9.25. The first-order chi connectivity index (χ1) is 7.75. The van der Waals surface area contributed by atoms with E-state index in [1.807, 2.05) is 0 Å². The number of halogens is 1. The number of rotatable bonds is 3. The van der Waals surface area contributed by atoms with Crippen molar-refractivity contribution in [2.45, 2.75) is 32.1 Å². The van der Waals surface area contributed by atoms with Crippen LogP contribution < -0.4 is 11.1 Å². The molecule has 0 aromatic carbocycles. The lowest BCUT2D eigenvalue weighted by molar-refractivity contribution is 0.373. The van der Waals surface area contributed by atoms with E-state index >= 15 is 0 Å². The summed E-state index contributed by atoms with van der Waals surface area (Å²) in [7, 11) is 0. The summed E-state index contributed by atoms with van der Waals surface area (Å²) in [5.74, 6) is 0.514. The van der Waals surface area contributed by atoms with Gasteiger partial charge in [0.25, 0.3) is 0 Å². The third-order valence-electron chi connectivity index (χ3n) is 3.05. The first-order valence-electron chi connectivity index (χ1n) is 5.77. The summed E-state index contributed by atoms with van der Waals surface area (Å²) >= 11 is 0. The van der Waals surface area contributed by atoms with Crippen LogP contribution in [0.25, 0.3) is 0 Å². The van der Waals surface area contributed by atoms with Crippen LogP contribution in [0.4, 0.5) is 16.2 Å². The highest BCUT2D eigenvalue weighted by Crippen LogP contribution is 2.24. The largest absolute Gasteiger partial charge is 0.368 e. The molecule has 0 unspecified atom stereocenters. The normalized spacial score (nSPS) is 17.3. The Balaban J connectivity index is 1.90. The van der Waals surface area contributed by atoms with Crippen LogP contribution in [-0.4, -0.2) is 16.5 Å². The summed E-state index contributed by atoms with van der Waals surface area (Å²) in [6, 6.07) is 0. The van der Waals surface area contributed by atoms with E-state index < -0.39 is 5.82 Å². The lowest BCUT2D eigenvalue weighted by Gasteiger charge is -2.22. The Labute approximate surface area is 94.5 Å². The van der Waals surface area contributed by atoms with Crippen molar-refractivity contribution in [3.63, 3.8) is 0 Å². The van der Waals surface area contributed by atoms with Gasteiger partial charge >= 0.3 is 0 Å². The molecule has 3 N–H and O–H groups in total. The molecule has 88 valence electrons. The van der Waals surface area contributed by atoms with Gasteiger partial charge in [-0.2, -0.15) is 4.98 Å². The summed E-state index contributed by atoms with van der Waals surface area (Å²) in [5.41, 5.74) is 5.41. The molecule has 0 bridgehead atoms. The summed E-state index contributed by atoms with van der Waals surface area (Å²) in [6.45, 7) is 0.771. The summed E-state index contributed by atoms with van der Waals surface area (Å²) in [6.07, 6.45) is 7.42. The third-order valence-corrected chi connectivity index (χ3v) is 3.05. The zero-order chi connectivity index (χ0) is 11.4. The van der Waals surface area contributed by atoms with Gasteiger partial charge in [-0.15, -0.1) is 0 Å². The number of nitrogens with one attached hydrogen (secondary N) is 1. The predicted octanol–water partition coefficient (Wildman–Crippen LogP) is 2.19. The molecule has 0 aliphatic heterocycles. The second-order valence-corrected chi connectivity index (χ2v) is 4.31. The average Bonchev–Trinajstić information content (AvgIpc) is 2.32. The molecule has 1 heterocycles. The predicted molar refractivity (Wildman–Crippen MR) is 61.5 cm³/mol. The van der Waals surface area contributed by atoms with Crippen molar-refractivity contribution >= 4 is 11.8 Å². The molecular formula is C11H17FN4. The van der Waals surface area contributed by atoms with E-state index in [0.29, 0.717) is 5.92 Å². The van der Waals surface area contributed by atoms with Crippen molar-refractivity contribution < 1.29 is 4.39 Å². The molecule has 5 heteroatoms. The lowest BCUT2D eigenvalue weighted by Crippen LogP contribution is -2.18. The highest BCUT2D eigenvalue weighted by molar-refractivity contribution is 5.39. The van der Waals surface area contributed by atoms with Gasteiger partial charge in [-0.1, -0.05) is 19.3 Å². The van der Waals surface area contributed by atoms with Crippen molar-refractivity contribution in [2.75, 3.05) is 17.6 Å². The van der Waals surface area contributed by atoms with Gasteiger partial charge in [0.1, 0.15) is 0 Å². The number of aromatic nitrogens is 2. The fourth-order valence-corrected chi connectivity index (χ4v) is 2.14. The molecule has 1 aromatic rings. The summed E-state index contributed by atoms with van der Waals surface area (Å²) in [4.78, 5) is 7.42. The van der Waals surface area contributed by atoms with Crippen LogP contribution in [0, 0.1) is 11.7 Å². The Morgan fingerprint density at radius 1 is 1.38 bits per heavy atom. The van der Waals surface area contributed by atoms with Crippen molar-refractivity contribution in [3.05, 3.63) is 12.0 Å². The van der Waals surface area contributed by atoms with Gasteiger partial charge in [0.15, 0.2) is 11.6 Å². The van der Waals surface area contributed by atoms with Crippen LogP contribution in [0.5, 0.6) is 0 Å². The van der Waals surface area contributed by atoms with E-state index in [2.05, 4.69) is 15.3 Å². The molecular weight excluding hydrogens is 207 g/mol. The van der Waals surface area contributed by atoms with Crippen molar-refractivity contribution in [1.29, 1.82) is 0 Å². The molecule has 2 rings (SSSR count). The third kappa shape index (κ3) is 2.81. The number of hydrogen-bond acceptors (Lipinski definition) is 4. The maximum Gasteiger partial charge on any atom is 0.222 e. The van der Waals surface area contributed by atoms with Crippen LogP contribution in [0.3, 0.4) is 0 Å². The monoisotopic (exact) mass is 224 g/mol. The summed E-state index contributed by atoms with van der Waals surface area (Å²) in [5, 5.41) is 3.02. The van der Waals surface area contributed by atoms with Gasteiger partial charge in [-0.05, 0) is 18.8 Å². The minimum absolute atomic E-state index is 0.104. The molecule has 0 saturated heterocycles. The van der Waals surface area contributed by atoms with Gasteiger partial charge in [-0.3, -0.25) is 0 Å². The van der Waals surface area contributed by atoms with E-state index in [-0.39, 0.29) is 11.8 Å². The number of hydrogen-bond donors (Lipinski definition) is 2. The molecule has 1 aliphatic rings. The van der Waals surface area contributed by atoms with E-state index in [1.54, 1.807) is 0 Å². The first kappa shape index (κ1) is 11.1. The van der Waals surface area contributed by atoms with E-state index in [0.717, 1.165) is 12.7 Å². The van der Waals surface area contributed by atoms with E-state index in [4.69, 9.17) is 5.73 Å². The second kappa shape index (κ2) is 5.09. The Morgan fingerprint density at radius 2 is 2.12 bits per heavy atom.